The summed E-state index contributed by atoms with van der Waals surface area (Å²) in [6, 6.07) is 9.27. The topological polar surface area (TPSA) is 45.2 Å². The third-order valence-electron chi connectivity index (χ3n) is 4.33. The fraction of sp³-hybridized carbons (Fsp3) is 0.300. The van der Waals surface area contributed by atoms with E-state index in [4.69, 9.17) is 23.2 Å². The highest BCUT2D eigenvalue weighted by Crippen LogP contribution is 2.23. The van der Waals surface area contributed by atoms with E-state index in [1.54, 1.807) is 24.3 Å². The van der Waals surface area contributed by atoms with Crippen molar-refractivity contribution in [3.63, 3.8) is 0 Å². The van der Waals surface area contributed by atoms with Gasteiger partial charge in [0.05, 0.1) is 10.0 Å². The quantitative estimate of drug-likeness (QED) is 0.753. The Labute approximate surface area is 163 Å². The van der Waals surface area contributed by atoms with E-state index in [0.717, 1.165) is 30.0 Å². The highest BCUT2D eigenvalue weighted by Gasteiger charge is 2.11. The summed E-state index contributed by atoms with van der Waals surface area (Å²) >= 11 is 11.8. The number of pyridine rings is 1. The SMILES string of the molecule is O=C(C=Cc1ccc(Cl)c(Cl)c1)NCc1ccc(N2CCCCC2)nc1. The number of carbonyl (C=O) groups is 1. The van der Waals surface area contributed by atoms with Gasteiger partial charge in [0.25, 0.3) is 0 Å². The number of halogens is 2. The Morgan fingerprint density at radius 3 is 2.62 bits per heavy atom. The molecule has 4 nitrogen and oxygen atoms in total. The second kappa shape index (κ2) is 9.06. The molecule has 1 aromatic carbocycles. The summed E-state index contributed by atoms with van der Waals surface area (Å²) in [5.41, 5.74) is 1.80. The number of benzene rings is 1. The Bertz CT molecular complexity index is 784. The zero-order valence-electron chi connectivity index (χ0n) is 14.4. The van der Waals surface area contributed by atoms with Gasteiger partial charge in [0.15, 0.2) is 0 Å². The first kappa shape index (κ1) is 18.7. The summed E-state index contributed by atoms with van der Waals surface area (Å²) in [6.45, 7) is 2.59. The number of rotatable bonds is 5. The first-order valence-corrected chi connectivity index (χ1v) is 9.48. The molecule has 136 valence electrons. The maximum atomic E-state index is 12.0. The zero-order valence-corrected chi connectivity index (χ0v) is 15.9. The summed E-state index contributed by atoms with van der Waals surface area (Å²) in [7, 11) is 0. The Hall–Kier alpha value is -2.04. The molecule has 1 aliphatic rings. The van der Waals surface area contributed by atoms with Crippen molar-refractivity contribution in [1.29, 1.82) is 0 Å². The van der Waals surface area contributed by atoms with E-state index in [2.05, 4.69) is 15.2 Å². The summed E-state index contributed by atoms with van der Waals surface area (Å²) in [5.74, 6) is 0.843. The summed E-state index contributed by atoms with van der Waals surface area (Å²) in [5, 5.41) is 3.82. The third kappa shape index (κ3) is 5.23. The van der Waals surface area contributed by atoms with E-state index < -0.39 is 0 Å². The van der Waals surface area contributed by atoms with Gasteiger partial charge in [0.2, 0.25) is 5.91 Å². The lowest BCUT2D eigenvalue weighted by Crippen LogP contribution is -2.30. The van der Waals surface area contributed by atoms with E-state index in [9.17, 15) is 4.79 Å². The van der Waals surface area contributed by atoms with Gasteiger partial charge >= 0.3 is 0 Å². The van der Waals surface area contributed by atoms with Crippen molar-refractivity contribution in [2.24, 2.45) is 0 Å². The molecule has 0 bridgehead atoms. The molecule has 1 aliphatic heterocycles. The van der Waals surface area contributed by atoms with Crippen LogP contribution in [0.25, 0.3) is 6.08 Å². The van der Waals surface area contributed by atoms with Crippen LogP contribution < -0.4 is 10.2 Å². The predicted octanol–water partition coefficient (Wildman–Crippen LogP) is 4.71. The van der Waals surface area contributed by atoms with Crippen LogP contribution in [-0.2, 0) is 11.3 Å². The van der Waals surface area contributed by atoms with Crippen molar-refractivity contribution in [2.45, 2.75) is 25.8 Å². The Balaban J connectivity index is 1.50. The molecular formula is C20H21Cl2N3O. The van der Waals surface area contributed by atoms with E-state index in [1.807, 2.05) is 18.3 Å². The Morgan fingerprint density at radius 1 is 1.12 bits per heavy atom. The van der Waals surface area contributed by atoms with Crippen LogP contribution in [0, 0.1) is 0 Å². The summed E-state index contributed by atoms with van der Waals surface area (Å²) in [4.78, 5) is 18.8. The van der Waals surface area contributed by atoms with Gasteiger partial charge < -0.3 is 10.2 Å². The minimum atomic E-state index is -0.170. The lowest BCUT2D eigenvalue weighted by atomic mass is 10.1. The molecule has 0 saturated carbocycles. The number of nitrogens with one attached hydrogen (secondary N) is 1. The molecule has 0 spiro atoms. The minimum absolute atomic E-state index is 0.170. The van der Waals surface area contributed by atoms with Crippen molar-refractivity contribution < 1.29 is 4.79 Å². The van der Waals surface area contributed by atoms with Crippen LogP contribution in [-0.4, -0.2) is 24.0 Å². The molecule has 1 N–H and O–H groups in total. The van der Waals surface area contributed by atoms with Crippen LogP contribution in [0.4, 0.5) is 5.82 Å². The fourth-order valence-corrected chi connectivity index (χ4v) is 3.17. The largest absolute Gasteiger partial charge is 0.357 e. The lowest BCUT2D eigenvalue weighted by Gasteiger charge is -2.27. The van der Waals surface area contributed by atoms with Crippen LogP contribution in [0.5, 0.6) is 0 Å². The van der Waals surface area contributed by atoms with Gasteiger partial charge in [-0.1, -0.05) is 35.3 Å². The number of anilines is 1. The number of nitrogens with zero attached hydrogens (tertiary/aromatic N) is 2. The number of hydrogen-bond donors (Lipinski definition) is 1. The molecule has 1 amide bonds. The van der Waals surface area contributed by atoms with Crippen LogP contribution in [0.3, 0.4) is 0 Å². The van der Waals surface area contributed by atoms with Crippen LogP contribution >= 0.6 is 23.2 Å². The molecule has 0 aliphatic carbocycles. The zero-order chi connectivity index (χ0) is 18.4. The molecule has 2 heterocycles. The molecular weight excluding hydrogens is 369 g/mol. The van der Waals surface area contributed by atoms with Crippen molar-refractivity contribution in [3.05, 3.63) is 63.8 Å². The first-order valence-electron chi connectivity index (χ1n) is 8.73. The predicted molar refractivity (Wildman–Crippen MR) is 108 cm³/mol. The molecule has 3 rings (SSSR count). The van der Waals surface area contributed by atoms with E-state index >= 15 is 0 Å². The van der Waals surface area contributed by atoms with E-state index in [1.165, 1.54) is 25.3 Å². The third-order valence-corrected chi connectivity index (χ3v) is 5.07. The number of amides is 1. The maximum Gasteiger partial charge on any atom is 0.244 e. The van der Waals surface area contributed by atoms with Gasteiger partial charge in [-0.3, -0.25) is 4.79 Å². The summed E-state index contributed by atoms with van der Waals surface area (Å²) in [6.07, 6.45) is 8.77. The number of aromatic nitrogens is 1. The second-order valence-corrected chi connectivity index (χ2v) is 7.11. The number of carbonyl (C=O) groups excluding carboxylic acids is 1. The van der Waals surface area contributed by atoms with Crippen molar-refractivity contribution >= 4 is 41.0 Å². The van der Waals surface area contributed by atoms with Gasteiger partial charge in [0, 0.05) is 31.9 Å². The molecule has 1 saturated heterocycles. The van der Waals surface area contributed by atoms with Gasteiger partial charge in [-0.15, -0.1) is 0 Å². The van der Waals surface area contributed by atoms with Crippen LogP contribution in [0.15, 0.2) is 42.6 Å². The Morgan fingerprint density at radius 2 is 1.92 bits per heavy atom. The molecule has 0 atom stereocenters. The highest BCUT2D eigenvalue weighted by molar-refractivity contribution is 6.42. The van der Waals surface area contributed by atoms with Gasteiger partial charge in [-0.25, -0.2) is 4.98 Å². The molecule has 0 unspecified atom stereocenters. The molecule has 0 radical (unpaired) electrons. The fourth-order valence-electron chi connectivity index (χ4n) is 2.87. The molecule has 1 fully saturated rings. The van der Waals surface area contributed by atoms with Crippen molar-refractivity contribution in [2.75, 3.05) is 18.0 Å². The first-order chi connectivity index (χ1) is 12.6. The van der Waals surface area contributed by atoms with Gasteiger partial charge in [0.1, 0.15) is 5.82 Å². The van der Waals surface area contributed by atoms with Gasteiger partial charge in [-0.2, -0.15) is 0 Å². The smallest absolute Gasteiger partial charge is 0.244 e. The van der Waals surface area contributed by atoms with E-state index in [0.29, 0.717) is 16.6 Å². The summed E-state index contributed by atoms with van der Waals surface area (Å²) < 4.78 is 0. The Kier molecular flexibility index (Phi) is 6.53. The minimum Gasteiger partial charge on any atom is -0.357 e. The van der Waals surface area contributed by atoms with Crippen molar-refractivity contribution in [3.8, 4) is 0 Å². The lowest BCUT2D eigenvalue weighted by molar-refractivity contribution is -0.116. The van der Waals surface area contributed by atoms with Crippen molar-refractivity contribution in [1.82, 2.24) is 10.3 Å². The molecule has 2 aromatic rings. The highest BCUT2D eigenvalue weighted by atomic mass is 35.5. The normalized spacial score (nSPS) is 14.6. The standard InChI is InChI=1S/C20H21Cl2N3O/c21-17-7-4-15(12-18(17)22)6-9-20(26)24-14-16-5-8-19(23-13-16)25-10-2-1-3-11-25/h4-9,12-13H,1-3,10-11,14H2,(H,24,26). The average molecular weight is 390 g/mol. The maximum absolute atomic E-state index is 12.0. The van der Waals surface area contributed by atoms with E-state index in [-0.39, 0.29) is 5.91 Å². The average Bonchev–Trinajstić information content (AvgIpc) is 2.68. The number of piperidine rings is 1. The molecule has 26 heavy (non-hydrogen) atoms. The molecule has 6 heteroatoms. The van der Waals surface area contributed by atoms with Crippen LogP contribution in [0.1, 0.15) is 30.4 Å². The van der Waals surface area contributed by atoms with Crippen LogP contribution in [0.2, 0.25) is 10.0 Å². The molecule has 1 aromatic heterocycles. The van der Waals surface area contributed by atoms with Gasteiger partial charge in [-0.05, 0) is 54.7 Å². The second-order valence-electron chi connectivity index (χ2n) is 6.30. The monoisotopic (exact) mass is 389 g/mol. The number of hydrogen-bond acceptors (Lipinski definition) is 3.